The van der Waals surface area contributed by atoms with Gasteiger partial charge in [-0.1, -0.05) is 220 Å². The van der Waals surface area contributed by atoms with Crippen LogP contribution in [0.15, 0.2) is 231 Å². The van der Waals surface area contributed by atoms with Gasteiger partial charge in [0.25, 0.3) is 0 Å². The molecule has 310 valence electrons. The number of nitrogens with zero attached hydrogens (tertiary/aromatic N) is 2. The summed E-state index contributed by atoms with van der Waals surface area (Å²) < 4.78 is 0. The van der Waals surface area contributed by atoms with Crippen LogP contribution in [0, 0.1) is 0 Å². The number of aromatic nitrogens is 2. The molecule has 0 saturated heterocycles. The van der Waals surface area contributed by atoms with E-state index in [4.69, 9.17) is 9.97 Å². The van der Waals surface area contributed by atoms with Gasteiger partial charge in [0.1, 0.15) is 0 Å². The smallest absolute Gasteiger partial charge is 0.161 e. The highest BCUT2D eigenvalue weighted by Gasteiger charge is 2.46. The van der Waals surface area contributed by atoms with Crippen LogP contribution >= 0.6 is 0 Å². The molecule has 1 aromatic heterocycles. The minimum Gasteiger partial charge on any atom is -0.228 e. The highest BCUT2D eigenvalue weighted by atomic mass is 14.9. The molecular formula is C64H44N2. The van der Waals surface area contributed by atoms with E-state index in [1.54, 1.807) is 0 Å². The van der Waals surface area contributed by atoms with Crippen LogP contribution in [0.25, 0.3) is 88.8 Å². The summed E-state index contributed by atoms with van der Waals surface area (Å²) in [6.45, 7) is 4.72. The minimum absolute atomic E-state index is 0.0902. The standard InChI is InChI=1S/C64H44N2/c1-63(2)55-35-31-43(38-54(55)61-48-25-13-12-18-41(48)30-37-58(61)63)47-33-34-52(50-27-15-14-26-49(47)50)62-65-59(42-19-6-3-7-20-42)40-60(66-62)44-32-36-57-53(39-44)51-28-16-17-29-56(51)64(57,45-21-8-4-9-22-45)46-23-10-5-11-24-46/h3-40H,1-2H3. The van der Waals surface area contributed by atoms with Gasteiger partial charge in [0.15, 0.2) is 5.82 Å². The van der Waals surface area contributed by atoms with Gasteiger partial charge in [0.2, 0.25) is 0 Å². The average molecular weight is 841 g/mol. The maximum Gasteiger partial charge on any atom is 0.161 e. The molecule has 0 unspecified atom stereocenters. The van der Waals surface area contributed by atoms with E-state index < -0.39 is 5.41 Å². The Balaban J connectivity index is 0.983. The summed E-state index contributed by atoms with van der Waals surface area (Å²) in [7, 11) is 0. The van der Waals surface area contributed by atoms with Gasteiger partial charge >= 0.3 is 0 Å². The molecule has 0 atom stereocenters. The number of hydrogen-bond acceptors (Lipinski definition) is 2. The zero-order chi connectivity index (χ0) is 44.0. The molecule has 10 aromatic carbocycles. The van der Waals surface area contributed by atoms with Gasteiger partial charge in [-0.25, -0.2) is 9.97 Å². The topological polar surface area (TPSA) is 25.8 Å². The van der Waals surface area contributed by atoms with Gasteiger partial charge in [-0.3, -0.25) is 0 Å². The van der Waals surface area contributed by atoms with Gasteiger partial charge in [-0.15, -0.1) is 0 Å². The zero-order valence-electron chi connectivity index (χ0n) is 36.8. The van der Waals surface area contributed by atoms with E-state index >= 15 is 0 Å². The molecule has 13 rings (SSSR count). The Morgan fingerprint density at radius 3 is 1.59 bits per heavy atom. The molecule has 2 heteroatoms. The number of hydrogen-bond donors (Lipinski definition) is 0. The van der Waals surface area contributed by atoms with E-state index in [9.17, 15) is 0 Å². The van der Waals surface area contributed by atoms with Gasteiger partial charge in [0.05, 0.1) is 16.8 Å². The summed E-state index contributed by atoms with van der Waals surface area (Å²) in [6.07, 6.45) is 0. The van der Waals surface area contributed by atoms with Gasteiger partial charge in [0, 0.05) is 22.1 Å². The molecule has 0 radical (unpaired) electrons. The Morgan fingerprint density at radius 1 is 0.318 bits per heavy atom. The van der Waals surface area contributed by atoms with Crippen molar-refractivity contribution in [3.05, 3.63) is 264 Å². The SMILES string of the molecule is CC1(C)c2ccc(-c3ccc(-c4nc(-c5ccccc5)cc(-c5ccc6c(c5)-c5ccccc5C6(c5ccccc5)c5ccccc5)n4)c4ccccc34)cc2-c2c1ccc1ccccc21. The highest BCUT2D eigenvalue weighted by Crippen LogP contribution is 2.57. The van der Waals surface area contributed by atoms with Crippen molar-refractivity contribution in [2.75, 3.05) is 0 Å². The van der Waals surface area contributed by atoms with Crippen molar-refractivity contribution in [1.29, 1.82) is 0 Å². The van der Waals surface area contributed by atoms with Crippen molar-refractivity contribution in [3.63, 3.8) is 0 Å². The molecule has 0 N–H and O–H groups in total. The van der Waals surface area contributed by atoms with Crippen LogP contribution in [0.5, 0.6) is 0 Å². The minimum atomic E-state index is -0.466. The van der Waals surface area contributed by atoms with Crippen LogP contribution in [0.4, 0.5) is 0 Å². The van der Waals surface area contributed by atoms with Crippen molar-refractivity contribution in [3.8, 4) is 67.3 Å². The summed E-state index contributed by atoms with van der Waals surface area (Å²) in [5.74, 6) is 0.703. The zero-order valence-corrected chi connectivity index (χ0v) is 36.8. The van der Waals surface area contributed by atoms with Gasteiger partial charge in [-0.2, -0.15) is 0 Å². The fourth-order valence-electron chi connectivity index (χ4n) is 11.5. The van der Waals surface area contributed by atoms with Crippen molar-refractivity contribution in [1.82, 2.24) is 9.97 Å². The van der Waals surface area contributed by atoms with E-state index in [0.717, 1.165) is 33.5 Å². The van der Waals surface area contributed by atoms with Crippen LogP contribution < -0.4 is 0 Å². The monoisotopic (exact) mass is 840 g/mol. The van der Waals surface area contributed by atoms with Crippen LogP contribution in [-0.4, -0.2) is 9.97 Å². The lowest BCUT2D eigenvalue weighted by molar-refractivity contribution is 0.661. The van der Waals surface area contributed by atoms with Gasteiger partial charge < -0.3 is 0 Å². The third-order valence-electron chi connectivity index (χ3n) is 14.6. The lowest BCUT2D eigenvalue weighted by Crippen LogP contribution is -2.28. The summed E-state index contributed by atoms with van der Waals surface area (Å²) >= 11 is 0. The molecule has 0 amide bonds. The van der Waals surface area contributed by atoms with Crippen molar-refractivity contribution in [2.24, 2.45) is 0 Å². The van der Waals surface area contributed by atoms with E-state index in [-0.39, 0.29) is 5.41 Å². The maximum atomic E-state index is 5.49. The first-order valence-electron chi connectivity index (χ1n) is 23.0. The third kappa shape index (κ3) is 5.61. The highest BCUT2D eigenvalue weighted by molar-refractivity contribution is 6.07. The van der Waals surface area contributed by atoms with E-state index in [2.05, 4.69) is 244 Å². The Labute approximate surface area is 385 Å². The molecule has 0 aliphatic heterocycles. The average Bonchev–Trinajstić information content (AvgIpc) is 3.81. The van der Waals surface area contributed by atoms with Crippen molar-refractivity contribution < 1.29 is 0 Å². The van der Waals surface area contributed by atoms with E-state index in [1.807, 2.05) is 0 Å². The summed E-state index contributed by atoms with van der Waals surface area (Å²) in [6, 6.07) is 84.3. The molecule has 2 aliphatic rings. The second kappa shape index (κ2) is 14.7. The summed E-state index contributed by atoms with van der Waals surface area (Å²) in [5, 5.41) is 4.88. The Kier molecular flexibility index (Phi) is 8.51. The first kappa shape index (κ1) is 38.3. The van der Waals surface area contributed by atoms with E-state index in [1.165, 1.54) is 82.9 Å². The van der Waals surface area contributed by atoms with Crippen molar-refractivity contribution >= 4 is 21.5 Å². The molecular weight excluding hydrogens is 797 g/mol. The molecule has 0 fully saturated rings. The van der Waals surface area contributed by atoms with Crippen molar-refractivity contribution in [2.45, 2.75) is 24.7 Å². The first-order valence-corrected chi connectivity index (χ1v) is 23.0. The maximum absolute atomic E-state index is 5.49. The molecule has 66 heavy (non-hydrogen) atoms. The lowest BCUT2D eigenvalue weighted by Gasteiger charge is -2.33. The lowest BCUT2D eigenvalue weighted by atomic mass is 9.67. The predicted octanol–water partition coefficient (Wildman–Crippen LogP) is 16.1. The Bertz CT molecular complexity index is 3680. The Morgan fingerprint density at radius 2 is 0.848 bits per heavy atom. The van der Waals surface area contributed by atoms with E-state index in [0.29, 0.717) is 5.82 Å². The third-order valence-corrected chi connectivity index (χ3v) is 14.6. The second-order valence-corrected chi connectivity index (χ2v) is 18.4. The number of benzene rings is 10. The largest absolute Gasteiger partial charge is 0.228 e. The summed E-state index contributed by atoms with van der Waals surface area (Å²) in [5.41, 5.74) is 19.7. The molecule has 2 nitrogen and oxygen atoms in total. The molecule has 2 aliphatic carbocycles. The van der Waals surface area contributed by atoms with Crippen LogP contribution in [0.2, 0.25) is 0 Å². The fourth-order valence-corrected chi connectivity index (χ4v) is 11.5. The molecule has 0 spiro atoms. The molecule has 1 heterocycles. The van der Waals surface area contributed by atoms with Crippen LogP contribution in [0.1, 0.15) is 47.2 Å². The Hall–Kier alpha value is -8.20. The van der Waals surface area contributed by atoms with Crippen LogP contribution in [0.3, 0.4) is 0 Å². The van der Waals surface area contributed by atoms with Gasteiger partial charge in [-0.05, 0) is 113 Å². The fraction of sp³-hybridized carbons (Fsp3) is 0.0625. The first-order chi connectivity index (χ1) is 32.5. The second-order valence-electron chi connectivity index (χ2n) is 18.4. The summed E-state index contributed by atoms with van der Waals surface area (Å²) in [4.78, 5) is 10.9. The van der Waals surface area contributed by atoms with Crippen LogP contribution in [-0.2, 0) is 10.8 Å². The number of rotatable bonds is 6. The normalized spacial score (nSPS) is 13.8. The molecule has 11 aromatic rings. The quantitative estimate of drug-likeness (QED) is 0.167. The number of fused-ring (bicyclic) bond motifs is 9. The molecule has 0 bridgehead atoms. The predicted molar refractivity (Wildman–Crippen MR) is 274 cm³/mol. The molecule has 0 saturated carbocycles.